The molecule has 0 saturated heterocycles. The fourth-order valence-corrected chi connectivity index (χ4v) is 2.57. The Morgan fingerprint density at radius 2 is 2.15 bits per heavy atom. The summed E-state index contributed by atoms with van der Waals surface area (Å²) in [5.41, 5.74) is 2.03. The minimum atomic E-state index is -0.959. The van der Waals surface area contributed by atoms with Crippen LogP contribution in [0.3, 0.4) is 0 Å². The molecule has 1 aromatic carbocycles. The maximum atomic E-state index is 12.2. The van der Waals surface area contributed by atoms with Crippen LogP contribution >= 0.6 is 0 Å². The number of benzene rings is 1. The third-order valence-corrected chi connectivity index (χ3v) is 3.94. The van der Waals surface area contributed by atoms with E-state index in [1.807, 2.05) is 6.07 Å². The molecule has 1 aliphatic heterocycles. The van der Waals surface area contributed by atoms with Crippen molar-refractivity contribution in [2.24, 2.45) is 5.92 Å². The van der Waals surface area contributed by atoms with E-state index >= 15 is 0 Å². The molecular formula is C15H18N2O3. The molecule has 2 aliphatic rings. The lowest BCUT2D eigenvalue weighted by molar-refractivity contribution is -0.117. The van der Waals surface area contributed by atoms with Gasteiger partial charge in [0.15, 0.2) is 0 Å². The average Bonchev–Trinajstić information content (AvgIpc) is 3.15. The van der Waals surface area contributed by atoms with E-state index < -0.39 is 5.97 Å². The molecule has 106 valence electrons. The Kier molecular flexibility index (Phi) is 3.44. The van der Waals surface area contributed by atoms with Gasteiger partial charge in [0.25, 0.3) is 0 Å². The van der Waals surface area contributed by atoms with E-state index in [9.17, 15) is 9.59 Å². The summed E-state index contributed by atoms with van der Waals surface area (Å²) >= 11 is 0. The lowest BCUT2D eigenvalue weighted by atomic mass is 10.1. The maximum absolute atomic E-state index is 12.2. The molecule has 0 aromatic heterocycles. The average molecular weight is 274 g/mol. The summed E-state index contributed by atoms with van der Waals surface area (Å²) in [5.74, 6) is -0.196. The highest BCUT2D eigenvalue weighted by Crippen LogP contribution is 2.29. The van der Waals surface area contributed by atoms with Gasteiger partial charge >= 0.3 is 5.97 Å². The predicted molar refractivity (Wildman–Crippen MR) is 75.1 cm³/mol. The van der Waals surface area contributed by atoms with Crippen molar-refractivity contribution < 1.29 is 14.7 Å². The quantitative estimate of drug-likeness (QED) is 0.848. The number of amides is 1. The van der Waals surface area contributed by atoms with E-state index in [-0.39, 0.29) is 11.5 Å². The van der Waals surface area contributed by atoms with E-state index in [1.54, 1.807) is 17.0 Å². The Bertz CT molecular complexity index is 552. The normalized spacial score (nSPS) is 17.1. The summed E-state index contributed by atoms with van der Waals surface area (Å²) in [7, 11) is 0. The topological polar surface area (TPSA) is 69.6 Å². The van der Waals surface area contributed by atoms with Gasteiger partial charge in [0.05, 0.1) is 12.1 Å². The number of carboxylic acid groups (broad SMARTS) is 1. The molecule has 0 atom stereocenters. The van der Waals surface area contributed by atoms with Crippen molar-refractivity contribution in [2.45, 2.75) is 19.3 Å². The Morgan fingerprint density at radius 1 is 1.35 bits per heavy atom. The zero-order valence-corrected chi connectivity index (χ0v) is 11.3. The zero-order valence-electron chi connectivity index (χ0n) is 11.3. The van der Waals surface area contributed by atoms with Crippen LogP contribution in [0.15, 0.2) is 18.2 Å². The second kappa shape index (κ2) is 5.25. The third-order valence-electron chi connectivity index (χ3n) is 3.94. The molecule has 0 spiro atoms. The molecule has 0 radical (unpaired) electrons. The molecule has 0 bridgehead atoms. The molecule has 1 saturated carbocycles. The number of aromatic carboxylic acids is 1. The van der Waals surface area contributed by atoms with E-state index in [2.05, 4.69) is 5.32 Å². The standard InChI is InChI=1S/C15H18N2O3/c18-14(9-16-8-10-1-2-10)17-6-5-11-3-4-12(15(19)20)7-13(11)17/h3-4,7,10,16H,1-2,5-6,8-9H2,(H,19,20). The number of carbonyl (C=O) groups is 2. The SMILES string of the molecule is O=C(O)c1ccc2c(c1)N(C(=O)CNCC1CC1)CC2. The lowest BCUT2D eigenvalue weighted by Gasteiger charge is -2.18. The van der Waals surface area contributed by atoms with Gasteiger partial charge in [-0.1, -0.05) is 6.07 Å². The van der Waals surface area contributed by atoms with Crippen molar-refractivity contribution in [1.29, 1.82) is 0 Å². The molecule has 5 heteroatoms. The maximum Gasteiger partial charge on any atom is 0.335 e. The highest BCUT2D eigenvalue weighted by molar-refractivity contribution is 5.98. The lowest BCUT2D eigenvalue weighted by Crippen LogP contribution is -2.37. The van der Waals surface area contributed by atoms with Gasteiger partial charge in [0.1, 0.15) is 0 Å². The first-order valence-electron chi connectivity index (χ1n) is 7.02. The monoisotopic (exact) mass is 274 g/mol. The van der Waals surface area contributed by atoms with Crippen molar-refractivity contribution in [3.8, 4) is 0 Å². The Labute approximate surface area is 117 Å². The summed E-state index contributed by atoms with van der Waals surface area (Å²) in [6.07, 6.45) is 3.31. The Balaban J connectivity index is 1.68. The number of nitrogens with one attached hydrogen (secondary N) is 1. The van der Waals surface area contributed by atoms with Crippen LogP contribution in [0.5, 0.6) is 0 Å². The van der Waals surface area contributed by atoms with E-state index in [1.165, 1.54) is 12.8 Å². The fourth-order valence-electron chi connectivity index (χ4n) is 2.57. The van der Waals surface area contributed by atoms with Crippen LogP contribution in [-0.2, 0) is 11.2 Å². The minimum absolute atomic E-state index is 0.0203. The van der Waals surface area contributed by atoms with E-state index in [0.29, 0.717) is 13.1 Å². The molecule has 1 aliphatic carbocycles. The van der Waals surface area contributed by atoms with Crippen LogP contribution in [0, 0.1) is 5.92 Å². The van der Waals surface area contributed by atoms with Gasteiger partial charge in [0, 0.05) is 12.2 Å². The summed E-state index contributed by atoms with van der Waals surface area (Å²) < 4.78 is 0. The van der Waals surface area contributed by atoms with Crippen molar-refractivity contribution in [1.82, 2.24) is 5.32 Å². The molecular weight excluding hydrogens is 256 g/mol. The first kappa shape index (κ1) is 13.1. The summed E-state index contributed by atoms with van der Waals surface area (Å²) in [6, 6.07) is 5.01. The molecule has 0 unspecified atom stereocenters. The summed E-state index contributed by atoms with van der Waals surface area (Å²) in [4.78, 5) is 24.9. The first-order valence-corrected chi connectivity index (χ1v) is 7.02. The predicted octanol–water partition coefficient (Wildman–Crippen LogP) is 1.27. The van der Waals surface area contributed by atoms with Gasteiger partial charge in [0.2, 0.25) is 5.91 Å². The molecule has 1 amide bonds. The molecule has 3 rings (SSSR count). The number of carboxylic acids is 1. The van der Waals surface area contributed by atoms with Gasteiger partial charge in [-0.05, 0) is 49.4 Å². The molecule has 1 aromatic rings. The van der Waals surface area contributed by atoms with E-state index in [4.69, 9.17) is 5.11 Å². The molecule has 20 heavy (non-hydrogen) atoms. The minimum Gasteiger partial charge on any atom is -0.478 e. The van der Waals surface area contributed by atoms with Crippen molar-refractivity contribution in [3.05, 3.63) is 29.3 Å². The van der Waals surface area contributed by atoms with Crippen molar-refractivity contribution >= 4 is 17.6 Å². The van der Waals surface area contributed by atoms with Crippen molar-refractivity contribution in [3.63, 3.8) is 0 Å². The number of nitrogens with zero attached hydrogens (tertiary/aromatic N) is 1. The number of fused-ring (bicyclic) bond motifs is 1. The van der Waals surface area contributed by atoms with Gasteiger partial charge in [-0.25, -0.2) is 4.79 Å². The van der Waals surface area contributed by atoms with Gasteiger partial charge in [-0.2, -0.15) is 0 Å². The smallest absolute Gasteiger partial charge is 0.335 e. The number of hydrogen-bond donors (Lipinski definition) is 2. The van der Waals surface area contributed by atoms with E-state index in [0.717, 1.165) is 30.1 Å². The van der Waals surface area contributed by atoms with Crippen LogP contribution in [-0.4, -0.2) is 36.6 Å². The second-order valence-electron chi connectivity index (χ2n) is 5.52. The van der Waals surface area contributed by atoms with Gasteiger partial charge in [-0.15, -0.1) is 0 Å². The summed E-state index contributed by atoms with van der Waals surface area (Å²) in [5, 5.41) is 12.2. The molecule has 1 heterocycles. The molecule has 1 fully saturated rings. The van der Waals surface area contributed by atoms with Crippen LogP contribution in [0.25, 0.3) is 0 Å². The molecule has 2 N–H and O–H groups in total. The Hall–Kier alpha value is -1.88. The van der Waals surface area contributed by atoms with Crippen LogP contribution in [0.2, 0.25) is 0 Å². The summed E-state index contributed by atoms with van der Waals surface area (Å²) in [6.45, 7) is 1.87. The zero-order chi connectivity index (χ0) is 14.1. The largest absolute Gasteiger partial charge is 0.478 e. The van der Waals surface area contributed by atoms with Crippen LogP contribution in [0.1, 0.15) is 28.8 Å². The highest BCUT2D eigenvalue weighted by Gasteiger charge is 2.26. The van der Waals surface area contributed by atoms with Crippen LogP contribution < -0.4 is 10.2 Å². The van der Waals surface area contributed by atoms with Crippen LogP contribution in [0.4, 0.5) is 5.69 Å². The van der Waals surface area contributed by atoms with Gasteiger partial charge < -0.3 is 15.3 Å². The van der Waals surface area contributed by atoms with Crippen molar-refractivity contribution in [2.75, 3.05) is 24.5 Å². The fraction of sp³-hybridized carbons (Fsp3) is 0.467. The number of anilines is 1. The molecule has 5 nitrogen and oxygen atoms in total. The number of rotatable bonds is 5. The van der Waals surface area contributed by atoms with Gasteiger partial charge in [-0.3, -0.25) is 4.79 Å². The first-order chi connectivity index (χ1) is 9.65. The third kappa shape index (κ3) is 2.67. The highest BCUT2D eigenvalue weighted by atomic mass is 16.4. The number of carbonyl (C=O) groups excluding carboxylic acids is 1. The Morgan fingerprint density at radius 3 is 2.85 bits per heavy atom. The number of hydrogen-bond acceptors (Lipinski definition) is 3. The second-order valence-corrected chi connectivity index (χ2v) is 5.52.